The summed E-state index contributed by atoms with van der Waals surface area (Å²) >= 11 is 0. The van der Waals surface area contributed by atoms with Crippen molar-refractivity contribution in [2.24, 2.45) is 0 Å². The van der Waals surface area contributed by atoms with Crippen LogP contribution in [0.15, 0.2) is 59.4 Å². The first-order valence-electron chi connectivity index (χ1n) is 6.03. The maximum atomic E-state index is 12.3. The summed E-state index contributed by atoms with van der Waals surface area (Å²) in [5.41, 5.74) is -0.149. The molecule has 5 nitrogen and oxygen atoms in total. The number of carbonyl (C=O) groups excluding carboxylic acids is 1. The maximum absolute atomic E-state index is 12.3. The van der Waals surface area contributed by atoms with Gasteiger partial charge in [-0.05, 0) is 6.07 Å². The molecule has 1 heterocycles. The van der Waals surface area contributed by atoms with E-state index < -0.39 is 17.0 Å². The Morgan fingerprint density at radius 2 is 1.65 bits per heavy atom. The summed E-state index contributed by atoms with van der Waals surface area (Å²) in [5, 5.41) is 12.2. The Bertz CT molecular complexity index is 854. The number of hydrogen-bond acceptors (Lipinski definition) is 3. The smallest absolute Gasteiger partial charge is 0.331 e. The van der Waals surface area contributed by atoms with Crippen LogP contribution in [0.25, 0.3) is 11.0 Å². The highest BCUT2D eigenvalue weighted by Crippen LogP contribution is 2.07. The molecule has 5 heteroatoms. The quantitative estimate of drug-likeness (QED) is 0.432. The zero-order valence-electron chi connectivity index (χ0n) is 10.4. The summed E-state index contributed by atoms with van der Waals surface area (Å²) in [4.78, 5) is 26.8. The second-order valence-electron chi connectivity index (χ2n) is 4.31. The van der Waals surface area contributed by atoms with Crippen LogP contribution in [-0.4, -0.2) is 10.8 Å². The summed E-state index contributed by atoms with van der Waals surface area (Å²) in [6, 6.07) is 14.8. The normalized spacial score (nSPS) is 10.6. The predicted molar refractivity (Wildman–Crippen MR) is 73.4 cm³/mol. The van der Waals surface area contributed by atoms with Crippen LogP contribution >= 0.6 is 0 Å². The van der Waals surface area contributed by atoms with Gasteiger partial charge >= 0.3 is 11.3 Å². The van der Waals surface area contributed by atoms with Crippen molar-refractivity contribution in [2.75, 3.05) is 0 Å². The van der Waals surface area contributed by atoms with Crippen LogP contribution in [-0.2, 0) is 0 Å². The van der Waals surface area contributed by atoms with E-state index in [0.29, 0.717) is 15.8 Å². The molecular weight excluding hydrogens is 256 g/mol. The van der Waals surface area contributed by atoms with Crippen molar-refractivity contribution in [2.45, 2.75) is 0 Å². The standard InChI is InChI=1S/C15H10N2O3/c18-14(10-6-2-1-3-7-10)13-15(19)16-11-8-4-5-9-12(11)17(13)20/h1-9H,(H,16,19). The van der Waals surface area contributed by atoms with E-state index in [4.69, 9.17) is 0 Å². The molecule has 0 saturated carbocycles. The van der Waals surface area contributed by atoms with Gasteiger partial charge in [-0.3, -0.25) is 9.59 Å². The first-order valence-corrected chi connectivity index (χ1v) is 6.03. The van der Waals surface area contributed by atoms with E-state index in [1.54, 1.807) is 54.6 Å². The second-order valence-corrected chi connectivity index (χ2v) is 4.31. The number of aromatic amines is 1. The average Bonchev–Trinajstić information content (AvgIpc) is 2.48. The van der Waals surface area contributed by atoms with Crippen molar-refractivity contribution < 1.29 is 9.52 Å². The third kappa shape index (κ3) is 1.85. The highest BCUT2D eigenvalue weighted by molar-refractivity contribution is 6.06. The number of para-hydroxylation sites is 2. The van der Waals surface area contributed by atoms with Crippen LogP contribution < -0.4 is 10.3 Å². The van der Waals surface area contributed by atoms with Gasteiger partial charge in [-0.1, -0.05) is 42.5 Å². The minimum Gasteiger partial charge on any atom is -0.618 e. The minimum atomic E-state index is -0.687. The number of aromatic nitrogens is 2. The topological polar surface area (TPSA) is 76.9 Å². The van der Waals surface area contributed by atoms with E-state index in [1.165, 1.54) is 0 Å². The molecule has 0 fully saturated rings. The summed E-state index contributed by atoms with van der Waals surface area (Å²) in [6.07, 6.45) is 0. The molecule has 0 atom stereocenters. The number of benzene rings is 2. The maximum Gasteiger partial charge on any atom is 0.331 e. The molecule has 0 aliphatic carbocycles. The van der Waals surface area contributed by atoms with Gasteiger partial charge in [0.05, 0.1) is 0 Å². The Morgan fingerprint density at radius 3 is 2.40 bits per heavy atom. The number of H-pyrrole nitrogens is 1. The summed E-state index contributed by atoms with van der Waals surface area (Å²) < 4.78 is 0.392. The van der Waals surface area contributed by atoms with Crippen molar-refractivity contribution in [3.8, 4) is 0 Å². The molecule has 0 spiro atoms. The molecule has 0 amide bonds. The van der Waals surface area contributed by atoms with Gasteiger partial charge < -0.3 is 10.2 Å². The van der Waals surface area contributed by atoms with Gasteiger partial charge in [-0.15, -0.1) is 0 Å². The highest BCUT2D eigenvalue weighted by Gasteiger charge is 2.25. The van der Waals surface area contributed by atoms with Crippen LogP contribution in [0.1, 0.15) is 16.1 Å². The van der Waals surface area contributed by atoms with Crippen molar-refractivity contribution >= 4 is 16.8 Å². The third-order valence-electron chi connectivity index (χ3n) is 3.04. The molecule has 0 radical (unpaired) electrons. The molecule has 0 aliphatic heterocycles. The molecule has 98 valence electrons. The molecule has 1 N–H and O–H groups in total. The van der Waals surface area contributed by atoms with Gasteiger partial charge in [0.15, 0.2) is 0 Å². The molecule has 1 aromatic heterocycles. The number of ketones is 1. The van der Waals surface area contributed by atoms with Crippen LogP contribution in [0.3, 0.4) is 0 Å². The van der Waals surface area contributed by atoms with E-state index in [1.807, 2.05) is 0 Å². The van der Waals surface area contributed by atoms with E-state index in [0.717, 1.165) is 0 Å². The Hall–Kier alpha value is -2.95. The predicted octanol–water partition coefficient (Wildman–Crippen LogP) is 1.39. The lowest BCUT2D eigenvalue weighted by Gasteiger charge is -2.05. The van der Waals surface area contributed by atoms with Gasteiger partial charge in [0.1, 0.15) is 5.52 Å². The fourth-order valence-corrected chi connectivity index (χ4v) is 2.07. The molecule has 0 aliphatic rings. The molecular formula is C15H10N2O3. The lowest BCUT2D eigenvalue weighted by molar-refractivity contribution is -0.580. The first kappa shape index (κ1) is 12.1. The van der Waals surface area contributed by atoms with Gasteiger partial charge in [0.2, 0.25) is 5.52 Å². The zero-order valence-corrected chi connectivity index (χ0v) is 10.4. The number of rotatable bonds is 2. The Labute approximate surface area is 113 Å². The van der Waals surface area contributed by atoms with Gasteiger partial charge in [0.25, 0.3) is 5.78 Å². The lowest BCUT2D eigenvalue weighted by Crippen LogP contribution is -2.43. The number of carbonyl (C=O) groups is 1. The Morgan fingerprint density at radius 1 is 1.00 bits per heavy atom. The summed E-state index contributed by atoms with van der Waals surface area (Å²) in [6.45, 7) is 0. The average molecular weight is 266 g/mol. The highest BCUT2D eigenvalue weighted by atomic mass is 16.5. The largest absolute Gasteiger partial charge is 0.618 e. The van der Waals surface area contributed by atoms with E-state index in [9.17, 15) is 14.8 Å². The van der Waals surface area contributed by atoms with Crippen molar-refractivity contribution in [1.29, 1.82) is 0 Å². The third-order valence-corrected chi connectivity index (χ3v) is 3.04. The fraction of sp³-hybridized carbons (Fsp3) is 0. The van der Waals surface area contributed by atoms with E-state index in [-0.39, 0.29) is 5.52 Å². The van der Waals surface area contributed by atoms with Crippen molar-refractivity contribution in [3.05, 3.63) is 81.4 Å². The van der Waals surface area contributed by atoms with E-state index >= 15 is 0 Å². The van der Waals surface area contributed by atoms with Crippen LogP contribution in [0.2, 0.25) is 0 Å². The van der Waals surface area contributed by atoms with Crippen molar-refractivity contribution in [3.63, 3.8) is 0 Å². The molecule has 20 heavy (non-hydrogen) atoms. The first-order chi connectivity index (χ1) is 9.68. The molecule has 0 bridgehead atoms. The Kier molecular flexibility index (Phi) is 2.80. The van der Waals surface area contributed by atoms with Crippen LogP contribution in [0.5, 0.6) is 0 Å². The SMILES string of the molecule is O=C(c1ccccc1)c1c(=O)[nH]c2ccccc2[n+]1[O-]. The molecule has 3 rings (SSSR count). The minimum absolute atomic E-state index is 0.256. The van der Waals surface area contributed by atoms with E-state index in [2.05, 4.69) is 4.98 Å². The molecule has 0 unspecified atom stereocenters. The molecule has 0 saturated heterocycles. The zero-order chi connectivity index (χ0) is 14.1. The number of nitrogens with zero attached hydrogens (tertiary/aromatic N) is 1. The van der Waals surface area contributed by atoms with Crippen LogP contribution in [0, 0.1) is 5.21 Å². The Balaban J connectivity index is 2.27. The molecule has 2 aromatic carbocycles. The van der Waals surface area contributed by atoms with Crippen molar-refractivity contribution in [1.82, 2.24) is 4.98 Å². The lowest BCUT2D eigenvalue weighted by atomic mass is 10.1. The number of fused-ring (bicyclic) bond motifs is 1. The van der Waals surface area contributed by atoms with Gasteiger partial charge in [-0.25, -0.2) is 0 Å². The number of nitrogens with one attached hydrogen (secondary N) is 1. The number of hydrogen-bond donors (Lipinski definition) is 1. The van der Waals surface area contributed by atoms with Crippen LogP contribution in [0.4, 0.5) is 0 Å². The van der Waals surface area contributed by atoms with Gasteiger partial charge in [-0.2, -0.15) is 4.73 Å². The summed E-state index contributed by atoms with van der Waals surface area (Å²) in [5.74, 6) is -0.590. The molecule has 3 aromatic rings. The monoisotopic (exact) mass is 266 g/mol. The second kappa shape index (κ2) is 4.62. The fourth-order valence-electron chi connectivity index (χ4n) is 2.07. The summed E-state index contributed by atoms with van der Waals surface area (Å²) in [7, 11) is 0. The van der Waals surface area contributed by atoms with Gasteiger partial charge in [0, 0.05) is 11.6 Å².